The largest absolute Gasteiger partial charge is 0.322 e. The zero-order chi connectivity index (χ0) is 25.6. The van der Waals surface area contributed by atoms with Crippen LogP contribution in [0.2, 0.25) is 0 Å². The minimum absolute atomic E-state index is 0.0547. The lowest BCUT2D eigenvalue weighted by atomic mass is 10.1. The molecule has 1 N–H and O–H groups in total. The first-order valence-electron chi connectivity index (χ1n) is 12.7. The molecular weight excluding hydrogens is 460 g/mol. The molecular formula is C30H32N6O. The van der Waals surface area contributed by atoms with Crippen LogP contribution in [0.5, 0.6) is 0 Å². The number of hydrogen-bond acceptors (Lipinski definition) is 5. The lowest BCUT2D eigenvalue weighted by molar-refractivity contribution is 0.247. The summed E-state index contributed by atoms with van der Waals surface area (Å²) in [6, 6.07) is 26.9. The van der Waals surface area contributed by atoms with E-state index in [-0.39, 0.29) is 5.56 Å². The Morgan fingerprint density at radius 3 is 2.51 bits per heavy atom. The second-order valence-electron chi connectivity index (χ2n) is 9.66. The third-order valence-electron chi connectivity index (χ3n) is 6.86. The fraction of sp³-hybridized carbons (Fsp3) is 0.267. The van der Waals surface area contributed by atoms with Crippen molar-refractivity contribution in [2.75, 3.05) is 6.54 Å². The van der Waals surface area contributed by atoms with Crippen LogP contribution in [0, 0.1) is 13.8 Å². The highest BCUT2D eigenvalue weighted by Crippen LogP contribution is 2.16. The van der Waals surface area contributed by atoms with Crippen molar-refractivity contribution >= 4 is 10.9 Å². The van der Waals surface area contributed by atoms with Gasteiger partial charge in [0.25, 0.3) is 5.56 Å². The maximum absolute atomic E-state index is 13.0. The van der Waals surface area contributed by atoms with Gasteiger partial charge in [-0.2, -0.15) is 0 Å². The number of rotatable bonds is 10. The lowest BCUT2D eigenvalue weighted by Gasteiger charge is -2.22. The summed E-state index contributed by atoms with van der Waals surface area (Å²) in [5.74, 6) is 0.800. The minimum Gasteiger partial charge on any atom is -0.322 e. The Labute approximate surface area is 216 Å². The Kier molecular flexibility index (Phi) is 7.51. The van der Waals surface area contributed by atoms with Crippen LogP contribution in [0.3, 0.4) is 0 Å². The first-order chi connectivity index (χ1) is 18.0. The van der Waals surface area contributed by atoms with Crippen LogP contribution in [0.25, 0.3) is 10.9 Å². The molecule has 0 saturated heterocycles. The molecule has 2 aromatic heterocycles. The molecule has 188 valence electrons. The van der Waals surface area contributed by atoms with E-state index < -0.39 is 0 Å². The van der Waals surface area contributed by atoms with Crippen LogP contribution in [0.1, 0.15) is 33.6 Å². The molecule has 7 heteroatoms. The van der Waals surface area contributed by atoms with Crippen molar-refractivity contribution in [2.24, 2.45) is 0 Å². The van der Waals surface area contributed by atoms with Crippen molar-refractivity contribution in [2.45, 2.75) is 46.3 Å². The Balaban J connectivity index is 1.38. The van der Waals surface area contributed by atoms with E-state index in [9.17, 15) is 4.79 Å². The number of hydrogen-bond donors (Lipinski definition) is 1. The molecule has 0 saturated carbocycles. The number of H-pyrrole nitrogens is 1. The van der Waals surface area contributed by atoms with Crippen molar-refractivity contribution in [3.05, 3.63) is 123 Å². The van der Waals surface area contributed by atoms with E-state index in [2.05, 4.69) is 81.7 Å². The van der Waals surface area contributed by atoms with E-state index in [1.165, 1.54) is 22.3 Å². The summed E-state index contributed by atoms with van der Waals surface area (Å²) in [5, 5.41) is 13.6. The summed E-state index contributed by atoms with van der Waals surface area (Å²) in [7, 11) is 0. The Bertz CT molecular complexity index is 1540. The van der Waals surface area contributed by atoms with Crippen molar-refractivity contribution < 1.29 is 0 Å². The molecule has 7 nitrogen and oxygen atoms in total. The highest BCUT2D eigenvalue weighted by Gasteiger charge is 2.16. The van der Waals surface area contributed by atoms with E-state index in [1.807, 2.05) is 41.1 Å². The molecule has 0 aliphatic heterocycles. The SMILES string of the molecule is Cc1ccc2[nH]c(=O)c(CN(CCc3ccccc3C)Cc3nnnn3CCc3ccccc3)cc2c1. The third-order valence-corrected chi connectivity index (χ3v) is 6.86. The monoisotopic (exact) mass is 492 g/mol. The van der Waals surface area contributed by atoms with E-state index in [0.29, 0.717) is 19.6 Å². The molecule has 2 heterocycles. The van der Waals surface area contributed by atoms with Gasteiger partial charge in [0, 0.05) is 30.7 Å². The number of fused-ring (bicyclic) bond motifs is 1. The smallest absolute Gasteiger partial charge is 0.252 e. The number of aromatic amines is 1. The van der Waals surface area contributed by atoms with Crippen molar-refractivity contribution in [1.29, 1.82) is 0 Å². The number of aryl methyl sites for hydroxylation is 4. The number of pyridine rings is 1. The molecule has 0 aliphatic carbocycles. The average Bonchev–Trinajstić information content (AvgIpc) is 3.35. The minimum atomic E-state index is -0.0547. The summed E-state index contributed by atoms with van der Waals surface area (Å²) < 4.78 is 1.88. The van der Waals surface area contributed by atoms with Crippen molar-refractivity contribution in [3.63, 3.8) is 0 Å². The Morgan fingerprint density at radius 2 is 1.68 bits per heavy atom. The van der Waals surface area contributed by atoms with Gasteiger partial charge >= 0.3 is 0 Å². The van der Waals surface area contributed by atoms with Gasteiger partial charge in [-0.25, -0.2) is 4.68 Å². The molecule has 0 spiro atoms. The Morgan fingerprint density at radius 1 is 0.865 bits per heavy atom. The van der Waals surface area contributed by atoms with Gasteiger partial charge in [0.1, 0.15) is 0 Å². The number of nitrogens with zero attached hydrogens (tertiary/aromatic N) is 5. The van der Waals surface area contributed by atoms with Gasteiger partial charge in [0.2, 0.25) is 0 Å². The maximum Gasteiger partial charge on any atom is 0.252 e. The molecule has 0 amide bonds. The molecule has 0 atom stereocenters. The van der Waals surface area contributed by atoms with Gasteiger partial charge < -0.3 is 4.98 Å². The summed E-state index contributed by atoms with van der Waals surface area (Å²) in [5.41, 5.74) is 6.54. The topological polar surface area (TPSA) is 79.7 Å². The van der Waals surface area contributed by atoms with Gasteiger partial charge in [-0.1, -0.05) is 66.2 Å². The standard InChI is InChI=1S/C30H32N6O/c1-22-12-13-28-26(18-22)19-27(30(37)31-28)20-35(16-15-25-11-7-6-8-23(25)2)21-29-32-33-34-36(29)17-14-24-9-4-3-5-10-24/h3-13,18-19H,14-17,20-21H2,1-2H3,(H,31,37). The van der Waals surface area contributed by atoms with Gasteiger partial charge in [0.15, 0.2) is 5.82 Å². The van der Waals surface area contributed by atoms with Crippen LogP contribution >= 0.6 is 0 Å². The summed E-state index contributed by atoms with van der Waals surface area (Å²) in [4.78, 5) is 18.3. The number of tetrazole rings is 1. The molecule has 0 aliphatic rings. The van der Waals surface area contributed by atoms with Gasteiger partial charge in [-0.3, -0.25) is 9.69 Å². The molecule has 0 bridgehead atoms. The maximum atomic E-state index is 13.0. The molecule has 5 rings (SSSR count). The highest BCUT2D eigenvalue weighted by atomic mass is 16.1. The normalized spacial score (nSPS) is 11.4. The number of benzene rings is 3. The number of aromatic nitrogens is 5. The second-order valence-corrected chi connectivity index (χ2v) is 9.66. The Hall–Kier alpha value is -4.10. The van der Waals surface area contributed by atoms with E-state index in [1.54, 1.807) is 0 Å². The quantitative estimate of drug-likeness (QED) is 0.308. The summed E-state index contributed by atoms with van der Waals surface area (Å²) in [6.07, 6.45) is 1.73. The highest BCUT2D eigenvalue weighted by molar-refractivity contribution is 5.79. The fourth-order valence-electron chi connectivity index (χ4n) is 4.70. The molecule has 5 aromatic rings. The molecule has 0 fully saturated rings. The van der Waals surface area contributed by atoms with Gasteiger partial charge in [-0.15, -0.1) is 5.10 Å². The molecule has 3 aromatic carbocycles. The van der Waals surface area contributed by atoms with E-state index >= 15 is 0 Å². The van der Waals surface area contributed by atoms with Gasteiger partial charge in [0.05, 0.1) is 6.54 Å². The fourth-order valence-corrected chi connectivity index (χ4v) is 4.70. The first-order valence-corrected chi connectivity index (χ1v) is 12.7. The predicted octanol–water partition coefficient (Wildman–Crippen LogP) is 4.62. The molecule has 37 heavy (non-hydrogen) atoms. The second kappa shape index (κ2) is 11.3. The van der Waals surface area contributed by atoms with Crippen molar-refractivity contribution in [3.8, 4) is 0 Å². The van der Waals surface area contributed by atoms with Crippen LogP contribution in [0.4, 0.5) is 0 Å². The van der Waals surface area contributed by atoms with Crippen LogP contribution in [-0.4, -0.2) is 36.6 Å². The average molecular weight is 493 g/mol. The van der Waals surface area contributed by atoms with E-state index in [4.69, 9.17) is 0 Å². The zero-order valence-electron chi connectivity index (χ0n) is 21.4. The zero-order valence-corrected chi connectivity index (χ0v) is 21.4. The van der Waals surface area contributed by atoms with Crippen LogP contribution in [-0.2, 0) is 32.5 Å². The van der Waals surface area contributed by atoms with E-state index in [0.717, 1.165) is 41.7 Å². The van der Waals surface area contributed by atoms with Gasteiger partial charge in [-0.05, 0) is 77.4 Å². The lowest BCUT2D eigenvalue weighted by Crippen LogP contribution is -2.30. The summed E-state index contributed by atoms with van der Waals surface area (Å²) in [6.45, 7) is 6.75. The first kappa shape index (κ1) is 24.6. The predicted molar refractivity (Wildman–Crippen MR) is 146 cm³/mol. The van der Waals surface area contributed by atoms with Crippen LogP contribution < -0.4 is 5.56 Å². The van der Waals surface area contributed by atoms with Crippen molar-refractivity contribution in [1.82, 2.24) is 30.1 Å². The third kappa shape index (κ3) is 6.19. The van der Waals surface area contributed by atoms with Crippen LogP contribution in [0.15, 0.2) is 83.7 Å². The number of nitrogens with one attached hydrogen (secondary N) is 1. The molecule has 0 radical (unpaired) electrons. The molecule has 0 unspecified atom stereocenters. The summed E-state index contributed by atoms with van der Waals surface area (Å²) >= 11 is 0.